The number of benzene rings is 1. The van der Waals surface area contributed by atoms with Crippen LogP contribution in [0.1, 0.15) is 26.2 Å². The Kier molecular flexibility index (Phi) is 3.22. The van der Waals surface area contributed by atoms with Gasteiger partial charge in [-0.1, -0.05) is 37.2 Å². The summed E-state index contributed by atoms with van der Waals surface area (Å²) in [6.07, 6.45) is 0.594. The van der Waals surface area contributed by atoms with Gasteiger partial charge in [-0.3, -0.25) is 0 Å². The first kappa shape index (κ1) is 6.05. The van der Waals surface area contributed by atoms with E-state index in [1.807, 2.05) is 30.3 Å². The second-order valence-corrected chi connectivity index (χ2v) is 2.86. The Morgan fingerprint density at radius 3 is 2.77 bits per heavy atom. The van der Waals surface area contributed by atoms with Crippen LogP contribution in [0.5, 0.6) is 0 Å². The fourth-order valence-corrected chi connectivity index (χ4v) is 1.14. The zero-order valence-electron chi connectivity index (χ0n) is 12.6. The highest BCUT2D eigenvalue weighted by Crippen LogP contribution is 2.01. The van der Waals surface area contributed by atoms with Gasteiger partial charge in [0.2, 0.25) is 0 Å². The van der Waals surface area contributed by atoms with Gasteiger partial charge in [-0.25, -0.2) is 0 Å². The van der Waals surface area contributed by atoms with Gasteiger partial charge in [0.25, 0.3) is 0 Å². The van der Waals surface area contributed by atoms with Crippen LogP contribution in [-0.4, -0.2) is 12.5 Å². The average molecular weight is 205 g/mol. The van der Waals surface area contributed by atoms with Crippen molar-refractivity contribution in [3.63, 3.8) is 0 Å². The molecule has 1 nitrogen and oxygen atoms in total. The van der Waals surface area contributed by atoms with E-state index < -0.39 is 13.3 Å². The summed E-state index contributed by atoms with van der Waals surface area (Å²) < 4.78 is 36.2. The Hall–Kier alpha value is -0.530. The Morgan fingerprint density at radius 1 is 1.46 bits per heavy atom. The molecule has 0 amide bonds. The van der Waals surface area contributed by atoms with Crippen LogP contribution in [0.25, 0.3) is 0 Å². The topological polar surface area (TPSA) is 12.0 Å². The van der Waals surface area contributed by atoms with Crippen LogP contribution in [0, 0.1) is 0 Å². The Morgan fingerprint density at radius 2 is 2.15 bits per heavy atom. The lowest BCUT2D eigenvalue weighted by Gasteiger charge is -2.11. The van der Waals surface area contributed by atoms with Crippen molar-refractivity contribution in [3.05, 3.63) is 35.9 Å². The minimum atomic E-state index is -2.65. The van der Waals surface area contributed by atoms with Crippen LogP contribution < -0.4 is 5.32 Å². The second-order valence-electron chi connectivity index (χ2n) is 2.86. The lowest BCUT2D eigenvalue weighted by atomic mass is 10.1. The molecule has 1 unspecified atom stereocenters. The molecule has 0 aliphatic heterocycles. The molecule has 1 aromatic rings. The van der Waals surface area contributed by atoms with Gasteiger partial charge in [0.05, 0.1) is 0 Å². The Labute approximate surface area is 94.0 Å². The molecule has 0 heterocycles. The van der Waals surface area contributed by atoms with Gasteiger partial charge in [0.1, 0.15) is 0 Å². The van der Waals surface area contributed by atoms with Gasteiger partial charge in [-0.2, -0.15) is 0 Å². The van der Waals surface area contributed by atoms with E-state index in [-0.39, 0.29) is 18.4 Å². The number of likely N-dealkylation sites (N-methyl/N-ethyl adjacent to an activating group) is 1. The fourth-order valence-electron chi connectivity index (χ4n) is 1.14. The molecule has 0 aliphatic carbocycles. The molecule has 2 heteroatoms. The smallest absolute Gasteiger partial charge is 0.0425 e. The van der Waals surface area contributed by atoms with E-state index in [2.05, 4.69) is 5.32 Å². The molecular weight excluding hydrogens is 182 g/mol. The van der Waals surface area contributed by atoms with Gasteiger partial charge < -0.3 is 5.32 Å². The quantitative estimate of drug-likeness (QED) is 0.796. The van der Waals surface area contributed by atoms with Crippen molar-refractivity contribution in [2.24, 2.45) is 0 Å². The van der Waals surface area contributed by atoms with Gasteiger partial charge in [0, 0.05) is 12.9 Å². The first-order valence-electron chi connectivity index (χ1n) is 6.54. The zero-order valence-corrected chi connectivity index (χ0v) is 8.40. The van der Waals surface area contributed by atoms with Crippen LogP contribution in [0.3, 0.4) is 0 Å². The van der Waals surface area contributed by atoms with Gasteiger partial charge >= 0.3 is 0 Å². The van der Waals surface area contributed by atoms with E-state index in [0.29, 0.717) is 6.42 Å². The highest BCUT2D eigenvalue weighted by Gasteiger charge is 1.99. The normalized spacial score (nSPS) is 19.6. The average Bonchev–Trinajstić information content (AvgIpc) is 2.16. The van der Waals surface area contributed by atoms with Gasteiger partial charge in [-0.15, -0.1) is 12.4 Å². The third kappa shape index (κ3) is 4.91. The Balaban J connectivity index is 0.00000289. The summed E-state index contributed by atoms with van der Waals surface area (Å²) in [7, 11) is 0. The predicted octanol–water partition coefficient (Wildman–Crippen LogP) is 2.65. The van der Waals surface area contributed by atoms with E-state index in [4.69, 9.17) is 6.85 Å². The molecule has 1 atom stereocenters. The maximum Gasteiger partial charge on any atom is 0.0425 e. The summed E-state index contributed by atoms with van der Waals surface area (Å²) in [6, 6.07) is 9.34. The molecule has 0 bridgehead atoms. The molecule has 0 fully saturated rings. The van der Waals surface area contributed by atoms with Gasteiger partial charge in [-0.05, 0) is 25.4 Å². The third-order valence-electron chi connectivity index (χ3n) is 1.70. The molecule has 13 heavy (non-hydrogen) atoms. The highest BCUT2D eigenvalue weighted by atomic mass is 35.5. The summed E-state index contributed by atoms with van der Waals surface area (Å²) in [5.74, 6) is 0. The van der Waals surface area contributed by atoms with Crippen molar-refractivity contribution in [1.29, 1.82) is 0 Å². The lowest BCUT2D eigenvalue weighted by molar-refractivity contribution is 0.565. The molecule has 0 aromatic heterocycles. The number of rotatable bonds is 4. The number of halogens is 1. The molecule has 0 radical (unpaired) electrons. The van der Waals surface area contributed by atoms with Gasteiger partial charge in [0.15, 0.2) is 0 Å². The minimum Gasteiger partial charge on any atom is -0.314 e. The molecule has 1 aromatic carbocycles. The molecular formula is C11H18ClN. The van der Waals surface area contributed by atoms with E-state index in [1.165, 1.54) is 0 Å². The monoisotopic (exact) mass is 204 g/mol. The molecule has 1 rings (SSSR count). The minimum absolute atomic E-state index is 0. The summed E-state index contributed by atoms with van der Waals surface area (Å²) in [5, 5.41) is 2.52. The first-order chi connectivity index (χ1) is 7.72. The van der Waals surface area contributed by atoms with Crippen LogP contribution in [0.15, 0.2) is 30.3 Å². The van der Waals surface area contributed by atoms with Crippen LogP contribution in [-0.2, 0) is 6.42 Å². The number of hydrogen-bond donors (Lipinski definition) is 1. The van der Waals surface area contributed by atoms with Crippen molar-refractivity contribution in [1.82, 2.24) is 5.32 Å². The standard InChI is InChI=1S/C11H17N.ClH/c1-3-12-10(2)9-11-7-5-4-6-8-11;/h4-8,10,12H,3,9H2,1-2H3;1H/i1D3,3D2;. The molecule has 1 N–H and O–H groups in total. The van der Waals surface area contributed by atoms with Crippen molar-refractivity contribution < 1.29 is 6.85 Å². The summed E-state index contributed by atoms with van der Waals surface area (Å²) >= 11 is 0. The second kappa shape index (κ2) is 6.93. The summed E-state index contributed by atoms with van der Waals surface area (Å²) in [5.41, 5.74) is 1.05. The van der Waals surface area contributed by atoms with Crippen LogP contribution >= 0.6 is 12.4 Å². The predicted molar refractivity (Wildman–Crippen MR) is 60.5 cm³/mol. The third-order valence-corrected chi connectivity index (χ3v) is 1.70. The van der Waals surface area contributed by atoms with E-state index in [1.54, 1.807) is 6.92 Å². The first-order valence-corrected chi connectivity index (χ1v) is 4.04. The van der Waals surface area contributed by atoms with Crippen LogP contribution in [0.2, 0.25) is 0 Å². The molecule has 0 saturated carbocycles. The molecule has 74 valence electrons. The zero-order chi connectivity index (χ0) is 13.1. The van der Waals surface area contributed by atoms with Crippen molar-refractivity contribution in [2.75, 3.05) is 6.50 Å². The molecule has 0 aliphatic rings. The van der Waals surface area contributed by atoms with E-state index in [9.17, 15) is 0 Å². The SMILES string of the molecule is Cl.[2H]C([2H])([2H])C([2H])([2H])NC(C)Cc1ccccc1. The van der Waals surface area contributed by atoms with Crippen molar-refractivity contribution in [2.45, 2.75) is 26.2 Å². The highest BCUT2D eigenvalue weighted by molar-refractivity contribution is 5.85. The van der Waals surface area contributed by atoms with Crippen molar-refractivity contribution in [3.8, 4) is 0 Å². The molecule has 0 spiro atoms. The summed E-state index contributed by atoms with van der Waals surface area (Å²) in [4.78, 5) is 0. The molecule has 0 saturated heterocycles. The maximum atomic E-state index is 7.47. The lowest BCUT2D eigenvalue weighted by Crippen LogP contribution is -2.27. The largest absolute Gasteiger partial charge is 0.314 e. The summed E-state index contributed by atoms with van der Waals surface area (Å²) in [6.45, 7) is -3.24. The van der Waals surface area contributed by atoms with Crippen LogP contribution in [0.4, 0.5) is 0 Å². The number of nitrogens with one attached hydrogen (secondary N) is 1. The fraction of sp³-hybridized carbons (Fsp3) is 0.455. The van der Waals surface area contributed by atoms with Crippen molar-refractivity contribution >= 4 is 12.4 Å². The van der Waals surface area contributed by atoms with E-state index in [0.717, 1.165) is 5.56 Å². The van der Waals surface area contributed by atoms with E-state index >= 15 is 0 Å². The maximum absolute atomic E-state index is 7.47. The number of hydrogen-bond acceptors (Lipinski definition) is 1. The Bertz CT molecular complexity index is 352.